The van der Waals surface area contributed by atoms with Gasteiger partial charge < -0.3 is 5.73 Å². The molecule has 0 saturated heterocycles. The number of benzene rings is 1. The van der Waals surface area contributed by atoms with Crippen LogP contribution < -0.4 is 5.73 Å². The van der Waals surface area contributed by atoms with Crippen molar-refractivity contribution in [3.05, 3.63) is 45.4 Å². The van der Waals surface area contributed by atoms with E-state index in [4.69, 9.17) is 5.73 Å². The number of hydrogen-bond donors (Lipinski definition) is 1. The summed E-state index contributed by atoms with van der Waals surface area (Å²) in [6.45, 7) is 2.11. The summed E-state index contributed by atoms with van der Waals surface area (Å²) in [5, 5.41) is 11.0. The second kappa shape index (κ2) is 5.39. The summed E-state index contributed by atoms with van der Waals surface area (Å²) >= 11 is 1.75. The molecule has 0 radical (unpaired) electrons. The molecule has 1 aliphatic carbocycles. The molecule has 0 bridgehead atoms. The van der Waals surface area contributed by atoms with Crippen LogP contribution in [0.1, 0.15) is 46.3 Å². The maximum atomic E-state index is 5.96. The van der Waals surface area contributed by atoms with E-state index in [1.165, 1.54) is 22.6 Å². The van der Waals surface area contributed by atoms with E-state index in [2.05, 4.69) is 41.4 Å². The van der Waals surface area contributed by atoms with Crippen LogP contribution in [0.5, 0.6) is 0 Å². The highest BCUT2D eigenvalue weighted by Crippen LogP contribution is 2.35. The molecule has 3 rings (SSSR count). The maximum Gasteiger partial charge on any atom is 0.121 e. The van der Waals surface area contributed by atoms with Crippen molar-refractivity contribution in [1.82, 2.24) is 10.2 Å². The van der Waals surface area contributed by atoms with Crippen LogP contribution in [0.2, 0.25) is 0 Å². The van der Waals surface area contributed by atoms with Crippen molar-refractivity contribution >= 4 is 11.3 Å². The minimum Gasteiger partial charge on any atom is -0.328 e. The van der Waals surface area contributed by atoms with Crippen molar-refractivity contribution < 1.29 is 0 Å². The van der Waals surface area contributed by atoms with Gasteiger partial charge in [-0.25, -0.2) is 0 Å². The summed E-state index contributed by atoms with van der Waals surface area (Å²) in [6.07, 6.45) is 4.24. The highest BCUT2D eigenvalue weighted by atomic mass is 32.1. The van der Waals surface area contributed by atoms with E-state index in [-0.39, 0.29) is 0 Å². The fraction of sp³-hybridized carbons (Fsp3) is 0.467. The van der Waals surface area contributed by atoms with Gasteiger partial charge in [0.15, 0.2) is 0 Å². The summed E-state index contributed by atoms with van der Waals surface area (Å²) in [5.74, 6) is 0.541. The van der Waals surface area contributed by atoms with Crippen molar-refractivity contribution in [3.63, 3.8) is 0 Å². The molecule has 1 heterocycles. The molecule has 2 N–H and O–H groups in total. The first-order valence-corrected chi connectivity index (χ1v) is 7.66. The van der Waals surface area contributed by atoms with Gasteiger partial charge in [0.2, 0.25) is 0 Å². The van der Waals surface area contributed by atoms with E-state index in [9.17, 15) is 0 Å². The molecular weight excluding hydrogens is 254 g/mol. The zero-order valence-electron chi connectivity index (χ0n) is 11.2. The Morgan fingerprint density at radius 3 is 2.68 bits per heavy atom. The Labute approximate surface area is 117 Å². The quantitative estimate of drug-likeness (QED) is 0.935. The highest BCUT2D eigenvalue weighted by molar-refractivity contribution is 7.11. The van der Waals surface area contributed by atoms with E-state index in [1.807, 2.05) is 0 Å². The van der Waals surface area contributed by atoms with E-state index in [1.54, 1.807) is 11.3 Å². The number of aromatic nitrogens is 2. The smallest absolute Gasteiger partial charge is 0.121 e. The molecule has 1 aliphatic rings. The molecule has 0 amide bonds. The zero-order valence-corrected chi connectivity index (χ0v) is 12.0. The SMILES string of the molecule is Cc1ccc(Cc2nnc(C3CC[C@H](N)C3)s2)cc1. The normalized spacial score (nSPS) is 22.8. The zero-order chi connectivity index (χ0) is 13.2. The van der Waals surface area contributed by atoms with Crippen molar-refractivity contribution in [2.75, 3.05) is 0 Å². The van der Waals surface area contributed by atoms with Crippen LogP contribution >= 0.6 is 11.3 Å². The molecule has 1 fully saturated rings. The lowest BCUT2D eigenvalue weighted by molar-refractivity contribution is 0.666. The Morgan fingerprint density at radius 2 is 2.00 bits per heavy atom. The summed E-state index contributed by atoms with van der Waals surface area (Å²) in [7, 11) is 0. The standard InChI is InChI=1S/C15H19N3S/c1-10-2-4-11(5-3-10)8-14-17-18-15(19-14)12-6-7-13(16)9-12/h2-5,12-13H,6-9,16H2,1H3/t12?,13-/m0/s1. The Kier molecular flexibility index (Phi) is 3.62. The summed E-state index contributed by atoms with van der Waals surface area (Å²) in [6, 6.07) is 8.99. The number of rotatable bonds is 3. The van der Waals surface area contributed by atoms with Crippen LogP contribution in [0.3, 0.4) is 0 Å². The molecule has 4 heteroatoms. The fourth-order valence-corrected chi connectivity index (χ4v) is 3.65. The van der Waals surface area contributed by atoms with Gasteiger partial charge in [-0.05, 0) is 31.7 Å². The van der Waals surface area contributed by atoms with Crippen LogP contribution in [0.4, 0.5) is 0 Å². The number of nitrogens with zero attached hydrogens (tertiary/aromatic N) is 2. The average molecular weight is 273 g/mol. The lowest BCUT2D eigenvalue weighted by Crippen LogP contribution is -2.14. The number of aryl methyl sites for hydroxylation is 1. The summed E-state index contributed by atoms with van der Waals surface area (Å²) in [5.41, 5.74) is 8.56. The van der Waals surface area contributed by atoms with Crippen LogP contribution in [0.25, 0.3) is 0 Å². The van der Waals surface area contributed by atoms with Gasteiger partial charge in [-0.3, -0.25) is 0 Å². The Morgan fingerprint density at radius 1 is 1.21 bits per heavy atom. The molecule has 0 spiro atoms. The van der Waals surface area contributed by atoms with E-state index in [0.717, 1.165) is 24.3 Å². The molecule has 0 aliphatic heterocycles. The number of hydrogen-bond acceptors (Lipinski definition) is 4. The first-order chi connectivity index (χ1) is 9.20. The fourth-order valence-electron chi connectivity index (χ4n) is 2.62. The van der Waals surface area contributed by atoms with Gasteiger partial charge in [0, 0.05) is 18.4 Å². The Hall–Kier alpha value is -1.26. The second-order valence-corrected chi connectivity index (χ2v) is 6.56. The lowest BCUT2D eigenvalue weighted by Gasteiger charge is -2.02. The van der Waals surface area contributed by atoms with E-state index < -0.39 is 0 Å². The van der Waals surface area contributed by atoms with Crippen molar-refractivity contribution in [2.24, 2.45) is 5.73 Å². The predicted octanol–water partition coefficient (Wildman–Crippen LogP) is 3.03. The minimum atomic E-state index is 0.356. The average Bonchev–Trinajstić information content (AvgIpc) is 3.01. The predicted molar refractivity (Wildman–Crippen MR) is 78.5 cm³/mol. The van der Waals surface area contributed by atoms with Crippen LogP contribution in [-0.4, -0.2) is 16.2 Å². The Bertz CT molecular complexity index is 547. The maximum absolute atomic E-state index is 5.96. The van der Waals surface area contributed by atoms with Gasteiger partial charge in [-0.1, -0.05) is 29.8 Å². The van der Waals surface area contributed by atoms with Crippen molar-refractivity contribution in [3.8, 4) is 0 Å². The molecule has 1 saturated carbocycles. The van der Waals surface area contributed by atoms with E-state index >= 15 is 0 Å². The second-order valence-electron chi connectivity index (χ2n) is 5.47. The molecule has 100 valence electrons. The summed E-state index contributed by atoms with van der Waals surface area (Å²) < 4.78 is 0. The lowest BCUT2D eigenvalue weighted by atomic mass is 10.1. The van der Waals surface area contributed by atoms with Gasteiger partial charge >= 0.3 is 0 Å². The van der Waals surface area contributed by atoms with Gasteiger partial charge in [0.1, 0.15) is 10.0 Å². The molecule has 2 atom stereocenters. The highest BCUT2D eigenvalue weighted by Gasteiger charge is 2.26. The third-order valence-corrected chi connectivity index (χ3v) is 4.87. The van der Waals surface area contributed by atoms with Crippen LogP contribution in [0.15, 0.2) is 24.3 Å². The largest absolute Gasteiger partial charge is 0.328 e. The Balaban J connectivity index is 1.69. The van der Waals surface area contributed by atoms with Crippen LogP contribution in [-0.2, 0) is 6.42 Å². The van der Waals surface area contributed by atoms with E-state index in [0.29, 0.717) is 12.0 Å². The molecule has 3 nitrogen and oxygen atoms in total. The first-order valence-electron chi connectivity index (χ1n) is 6.84. The molecule has 1 aromatic carbocycles. The number of nitrogens with two attached hydrogens (primary N) is 1. The molecule has 2 aromatic rings. The molecule has 1 unspecified atom stereocenters. The van der Waals surface area contributed by atoms with Gasteiger partial charge in [0.25, 0.3) is 0 Å². The third-order valence-electron chi connectivity index (χ3n) is 3.78. The molecular formula is C15H19N3S. The summed E-state index contributed by atoms with van der Waals surface area (Å²) in [4.78, 5) is 0. The van der Waals surface area contributed by atoms with Crippen molar-refractivity contribution in [1.29, 1.82) is 0 Å². The van der Waals surface area contributed by atoms with Crippen molar-refractivity contribution in [2.45, 2.75) is 44.6 Å². The molecule has 19 heavy (non-hydrogen) atoms. The third kappa shape index (κ3) is 3.01. The topological polar surface area (TPSA) is 51.8 Å². The first kappa shape index (κ1) is 12.8. The molecule has 1 aromatic heterocycles. The van der Waals surface area contributed by atoms with Crippen LogP contribution in [0, 0.1) is 6.92 Å². The van der Waals surface area contributed by atoms with Gasteiger partial charge in [-0.15, -0.1) is 21.5 Å². The monoisotopic (exact) mass is 273 g/mol. The minimum absolute atomic E-state index is 0.356. The van der Waals surface area contributed by atoms with Gasteiger partial charge in [-0.2, -0.15) is 0 Å². The van der Waals surface area contributed by atoms with Gasteiger partial charge in [0.05, 0.1) is 0 Å².